The standard InChI is InChI=1S/C11H16N2S2/c1-15-7-10-12-9-6-4-2-3-5-8(9)11(14)13-10/h2-7H2,1H3,(H,12,13,14). The van der Waals surface area contributed by atoms with Crippen LogP contribution in [0.3, 0.4) is 0 Å². The van der Waals surface area contributed by atoms with Gasteiger partial charge in [0.15, 0.2) is 0 Å². The molecule has 0 aliphatic heterocycles. The Kier molecular flexibility index (Phi) is 3.81. The molecule has 1 N–H and O–H groups in total. The number of H-pyrrole nitrogens is 1. The number of nitrogens with zero attached hydrogens (tertiary/aromatic N) is 1. The van der Waals surface area contributed by atoms with Gasteiger partial charge < -0.3 is 4.98 Å². The second-order valence-electron chi connectivity index (χ2n) is 3.94. The van der Waals surface area contributed by atoms with Crippen LogP contribution in [0, 0.1) is 4.64 Å². The van der Waals surface area contributed by atoms with Crippen molar-refractivity contribution in [2.45, 2.75) is 37.9 Å². The van der Waals surface area contributed by atoms with E-state index in [-0.39, 0.29) is 0 Å². The summed E-state index contributed by atoms with van der Waals surface area (Å²) < 4.78 is 0.828. The summed E-state index contributed by atoms with van der Waals surface area (Å²) >= 11 is 7.14. The zero-order valence-corrected chi connectivity index (χ0v) is 10.6. The molecule has 1 aromatic rings. The third-order valence-corrected chi connectivity index (χ3v) is 3.69. The van der Waals surface area contributed by atoms with Crippen molar-refractivity contribution in [3.8, 4) is 0 Å². The molecule has 2 nitrogen and oxygen atoms in total. The topological polar surface area (TPSA) is 28.7 Å². The van der Waals surface area contributed by atoms with E-state index < -0.39 is 0 Å². The summed E-state index contributed by atoms with van der Waals surface area (Å²) in [6.45, 7) is 0. The van der Waals surface area contributed by atoms with Crippen LogP contribution in [0.2, 0.25) is 0 Å². The summed E-state index contributed by atoms with van der Waals surface area (Å²) in [5.41, 5.74) is 2.64. The Bertz CT molecular complexity index is 398. The number of rotatable bonds is 2. The smallest absolute Gasteiger partial charge is 0.133 e. The number of nitrogens with one attached hydrogen (secondary N) is 1. The second kappa shape index (κ2) is 5.12. The monoisotopic (exact) mass is 240 g/mol. The Labute approximate surface area is 99.9 Å². The molecule has 0 saturated carbocycles. The first kappa shape index (κ1) is 11.1. The van der Waals surface area contributed by atoms with Crippen LogP contribution < -0.4 is 0 Å². The number of aromatic nitrogens is 2. The van der Waals surface area contributed by atoms with E-state index in [1.165, 1.54) is 30.5 Å². The second-order valence-corrected chi connectivity index (χ2v) is 5.19. The molecule has 82 valence electrons. The molecule has 0 spiro atoms. The van der Waals surface area contributed by atoms with E-state index in [9.17, 15) is 0 Å². The van der Waals surface area contributed by atoms with Crippen molar-refractivity contribution in [3.63, 3.8) is 0 Å². The largest absolute Gasteiger partial charge is 0.346 e. The van der Waals surface area contributed by atoms with Crippen LogP contribution in [0.25, 0.3) is 0 Å². The summed E-state index contributed by atoms with van der Waals surface area (Å²) in [5.74, 6) is 1.96. The van der Waals surface area contributed by atoms with Crippen molar-refractivity contribution >= 4 is 24.0 Å². The molecule has 1 aliphatic carbocycles. The minimum atomic E-state index is 0.828. The zero-order valence-electron chi connectivity index (χ0n) is 9.01. The normalized spacial score (nSPS) is 15.8. The molecule has 0 amide bonds. The highest BCUT2D eigenvalue weighted by Crippen LogP contribution is 2.20. The molecule has 1 aromatic heterocycles. The maximum Gasteiger partial charge on any atom is 0.133 e. The highest BCUT2D eigenvalue weighted by molar-refractivity contribution is 7.97. The highest BCUT2D eigenvalue weighted by atomic mass is 32.2. The molecule has 0 saturated heterocycles. The van der Waals surface area contributed by atoms with E-state index in [1.807, 2.05) is 0 Å². The lowest BCUT2D eigenvalue weighted by Crippen LogP contribution is -2.03. The summed E-state index contributed by atoms with van der Waals surface area (Å²) in [6, 6.07) is 0. The Balaban J connectivity index is 2.39. The maximum absolute atomic E-state index is 5.36. The third kappa shape index (κ3) is 2.61. The predicted octanol–water partition coefficient (Wildman–Crippen LogP) is 3.27. The predicted molar refractivity (Wildman–Crippen MR) is 67.9 cm³/mol. The first-order chi connectivity index (χ1) is 7.31. The lowest BCUT2D eigenvalue weighted by Gasteiger charge is -2.08. The van der Waals surface area contributed by atoms with Gasteiger partial charge in [0, 0.05) is 11.3 Å². The lowest BCUT2D eigenvalue weighted by atomic mass is 10.1. The number of aromatic amines is 1. The van der Waals surface area contributed by atoms with Gasteiger partial charge in [-0.25, -0.2) is 4.98 Å². The summed E-state index contributed by atoms with van der Waals surface area (Å²) in [4.78, 5) is 7.90. The first-order valence-electron chi connectivity index (χ1n) is 5.41. The number of aryl methyl sites for hydroxylation is 1. The van der Waals surface area contributed by atoms with Crippen molar-refractivity contribution < 1.29 is 0 Å². The van der Waals surface area contributed by atoms with Crippen molar-refractivity contribution in [3.05, 3.63) is 21.7 Å². The van der Waals surface area contributed by atoms with Gasteiger partial charge in [0.05, 0.1) is 5.75 Å². The van der Waals surface area contributed by atoms with Gasteiger partial charge in [-0.3, -0.25) is 0 Å². The Morgan fingerprint density at radius 3 is 2.93 bits per heavy atom. The Morgan fingerprint density at radius 1 is 1.33 bits per heavy atom. The molecule has 0 aromatic carbocycles. The maximum atomic E-state index is 5.36. The number of hydrogen-bond acceptors (Lipinski definition) is 3. The van der Waals surface area contributed by atoms with Crippen molar-refractivity contribution in [1.82, 2.24) is 9.97 Å². The van der Waals surface area contributed by atoms with Crippen LogP contribution in [0.5, 0.6) is 0 Å². The molecule has 0 bridgehead atoms. The van der Waals surface area contributed by atoms with Gasteiger partial charge in [0.1, 0.15) is 10.5 Å². The van der Waals surface area contributed by atoms with Crippen molar-refractivity contribution in [2.75, 3.05) is 6.26 Å². The average Bonchev–Trinajstić information content (AvgIpc) is 2.43. The number of fused-ring (bicyclic) bond motifs is 1. The number of thioether (sulfide) groups is 1. The quantitative estimate of drug-likeness (QED) is 0.635. The molecule has 2 rings (SSSR count). The summed E-state index contributed by atoms with van der Waals surface area (Å²) in [7, 11) is 0. The summed E-state index contributed by atoms with van der Waals surface area (Å²) in [5, 5.41) is 0. The van der Waals surface area contributed by atoms with Crippen LogP contribution in [0.4, 0.5) is 0 Å². The van der Waals surface area contributed by atoms with Gasteiger partial charge in [-0.1, -0.05) is 18.6 Å². The molecule has 0 atom stereocenters. The highest BCUT2D eigenvalue weighted by Gasteiger charge is 2.11. The van der Waals surface area contributed by atoms with Gasteiger partial charge in [-0.2, -0.15) is 11.8 Å². The fourth-order valence-electron chi connectivity index (χ4n) is 2.05. The third-order valence-electron chi connectivity index (χ3n) is 2.79. The SMILES string of the molecule is CSCc1nc(=S)c2c([nH]1)CCCCC2. The molecule has 0 unspecified atom stereocenters. The zero-order chi connectivity index (χ0) is 10.7. The van der Waals surface area contributed by atoms with Gasteiger partial charge in [0.2, 0.25) is 0 Å². The molecular formula is C11H16N2S2. The van der Waals surface area contributed by atoms with Crippen LogP contribution in [-0.2, 0) is 18.6 Å². The van der Waals surface area contributed by atoms with E-state index in [4.69, 9.17) is 12.2 Å². The van der Waals surface area contributed by atoms with Gasteiger partial charge >= 0.3 is 0 Å². The first-order valence-corrected chi connectivity index (χ1v) is 7.21. The van der Waals surface area contributed by atoms with Crippen LogP contribution in [0.1, 0.15) is 36.3 Å². The van der Waals surface area contributed by atoms with E-state index >= 15 is 0 Å². The van der Waals surface area contributed by atoms with E-state index in [2.05, 4.69) is 16.2 Å². The minimum Gasteiger partial charge on any atom is -0.346 e. The van der Waals surface area contributed by atoms with Crippen LogP contribution in [-0.4, -0.2) is 16.2 Å². The fourth-order valence-corrected chi connectivity index (χ4v) is 2.80. The average molecular weight is 240 g/mol. The molecular weight excluding hydrogens is 224 g/mol. The Hall–Kier alpha value is -0.350. The van der Waals surface area contributed by atoms with Gasteiger partial charge in [-0.15, -0.1) is 0 Å². The lowest BCUT2D eigenvalue weighted by molar-refractivity contribution is 0.708. The van der Waals surface area contributed by atoms with Gasteiger partial charge in [0.25, 0.3) is 0 Å². The molecule has 15 heavy (non-hydrogen) atoms. The molecule has 4 heteroatoms. The molecule has 0 radical (unpaired) electrons. The fraction of sp³-hybridized carbons (Fsp3) is 0.636. The molecule has 1 heterocycles. The molecule has 0 fully saturated rings. The molecule has 1 aliphatic rings. The number of hydrogen-bond donors (Lipinski definition) is 1. The van der Waals surface area contributed by atoms with Crippen molar-refractivity contribution in [2.24, 2.45) is 0 Å². The van der Waals surface area contributed by atoms with E-state index in [0.717, 1.165) is 29.1 Å². The van der Waals surface area contributed by atoms with E-state index in [1.54, 1.807) is 11.8 Å². The minimum absolute atomic E-state index is 0.828. The Morgan fingerprint density at radius 2 is 2.13 bits per heavy atom. The van der Waals surface area contributed by atoms with Crippen LogP contribution in [0.15, 0.2) is 0 Å². The van der Waals surface area contributed by atoms with Crippen molar-refractivity contribution in [1.29, 1.82) is 0 Å². The van der Waals surface area contributed by atoms with Crippen LogP contribution >= 0.6 is 24.0 Å². The van der Waals surface area contributed by atoms with Gasteiger partial charge in [-0.05, 0) is 31.9 Å². The van der Waals surface area contributed by atoms with E-state index in [0.29, 0.717) is 0 Å². The summed E-state index contributed by atoms with van der Waals surface area (Å²) in [6.07, 6.45) is 8.19.